The summed E-state index contributed by atoms with van der Waals surface area (Å²) in [7, 11) is 4.62. The summed E-state index contributed by atoms with van der Waals surface area (Å²) in [4.78, 5) is 24.0. The van der Waals surface area contributed by atoms with E-state index in [0.29, 0.717) is 12.8 Å². The Morgan fingerprint density at radius 3 is 2.50 bits per heavy atom. The maximum Gasteiger partial charge on any atom is 0.243 e. The molecule has 0 spiro atoms. The molecule has 0 atom stereocenters. The Morgan fingerprint density at radius 1 is 1.19 bits per heavy atom. The summed E-state index contributed by atoms with van der Waals surface area (Å²) in [5.74, 6) is 0.491. The predicted molar refractivity (Wildman–Crippen MR) is 95.9 cm³/mol. The molecule has 0 saturated heterocycles. The molecular formula is C18H25N3O5. The fourth-order valence-corrected chi connectivity index (χ4v) is 2.52. The van der Waals surface area contributed by atoms with Gasteiger partial charge in [0.05, 0.1) is 25.9 Å². The molecule has 0 aromatic heterocycles. The Bertz CT molecular complexity index is 641. The number of hydrazone groups is 1. The first-order chi connectivity index (χ1) is 12.6. The summed E-state index contributed by atoms with van der Waals surface area (Å²) in [6, 6.07) is 7.53. The van der Waals surface area contributed by atoms with E-state index in [0.717, 1.165) is 17.0 Å². The first kappa shape index (κ1) is 19.9. The van der Waals surface area contributed by atoms with E-state index in [-0.39, 0.29) is 31.3 Å². The van der Waals surface area contributed by atoms with Gasteiger partial charge in [0.15, 0.2) is 6.29 Å². The van der Waals surface area contributed by atoms with Gasteiger partial charge in [-0.05, 0) is 29.8 Å². The average molecular weight is 363 g/mol. The number of benzene rings is 1. The maximum atomic E-state index is 12.1. The van der Waals surface area contributed by atoms with Crippen molar-refractivity contribution in [1.82, 2.24) is 10.3 Å². The minimum atomic E-state index is -0.490. The molecule has 1 aromatic rings. The van der Waals surface area contributed by atoms with Gasteiger partial charge >= 0.3 is 0 Å². The standard InChI is InChI=1S/C18H25N3O5/c1-24-14-6-4-13(5-7-14)15-8-9-17(23)21(20-15)11-10-16(22)19-12-18(25-2)26-3/h4-7,18H,8-12H2,1-3H3,(H,19,22). The van der Waals surface area contributed by atoms with Crippen LogP contribution in [0.15, 0.2) is 29.4 Å². The zero-order valence-electron chi connectivity index (χ0n) is 15.4. The Morgan fingerprint density at radius 2 is 1.88 bits per heavy atom. The lowest BCUT2D eigenvalue weighted by atomic mass is 10.0. The largest absolute Gasteiger partial charge is 0.497 e. The second-order valence-corrected chi connectivity index (χ2v) is 5.75. The van der Waals surface area contributed by atoms with Crippen LogP contribution in [0.25, 0.3) is 0 Å². The molecule has 2 rings (SSSR count). The summed E-state index contributed by atoms with van der Waals surface area (Å²) in [6.07, 6.45) is 0.625. The zero-order chi connectivity index (χ0) is 18.9. The van der Waals surface area contributed by atoms with Crippen molar-refractivity contribution in [3.8, 4) is 5.75 Å². The third kappa shape index (κ3) is 5.53. The van der Waals surface area contributed by atoms with Gasteiger partial charge in [-0.15, -0.1) is 0 Å². The topological polar surface area (TPSA) is 89.5 Å². The molecule has 26 heavy (non-hydrogen) atoms. The molecule has 2 amide bonds. The van der Waals surface area contributed by atoms with Gasteiger partial charge in [-0.25, -0.2) is 5.01 Å². The molecule has 0 radical (unpaired) electrons. The average Bonchev–Trinajstić information content (AvgIpc) is 2.68. The van der Waals surface area contributed by atoms with Crippen molar-refractivity contribution in [3.05, 3.63) is 29.8 Å². The molecule has 1 N–H and O–H groups in total. The van der Waals surface area contributed by atoms with E-state index in [1.54, 1.807) is 7.11 Å². The Kier molecular flexibility index (Phi) is 7.55. The van der Waals surface area contributed by atoms with E-state index < -0.39 is 6.29 Å². The van der Waals surface area contributed by atoms with Crippen molar-refractivity contribution in [2.24, 2.45) is 5.10 Å². The highest BCUT2D eigenvalue weighted by molar-refractivity contribution is 6.04. The lowest BCUT2D eigenvalue weighted by Crippen LogP contribution is -2.38. The molecule has 1 aromatic carbocycles. The number of ether oxygens (including phenoxy) is 3. The summed E-state index contributed by atoms with van der Waals surface area (Å²) in [5, 5.41) is 8.49. The number of methoxy groups -OCH3 is 3. The minimum Gasteiger partial charge on any atom is -0.497 e. The first-order valence-corrected chi connectivity index (χ1v) is 8.42. The summed E-state index contributed by atoms with van der Waals surface area (Å²) in [6.45, 7) is 0.481. The van der Waals surface area contributed by atoms with Crippen LogP contribution in [-0.2, 0) is 19.1 Å². The number of carbonyl (C=O) groups is 2. The molecule has 1 aliphatic rings. The number of hydrogen-bond acceptors (Lipinski definition) is 6. The molecule has 0 bridgehead atoms. The van der Waals surface area contributed by atoms with Crippen molar-refractivity contribution in [1.29, 1.82) is 0 Å². The molecule has 1 aliphatic heterocycles. The van der Waals surface area contributed by atoms with Crippen LogP contribution in [0.2, 0.25) is 0 Å². The number of nitrogens with zero attached hydrogens (tertiary/aromatic N) is 2. The van der Waals surface area contributed by atoms with Gasteiger partial charge in [0.25, 0.3) is 0 Å². The third-order valence-electron chi connectivity index (χ3n) is 4.07. The van der Waals surface area contributed by atoms with E-state index >= 15 is 0 Å². The molecule has 142 valence electrons. The maximum absolute atomic E-state index is 12.1. The highest BCUT2D eigenvalue weighted by Crippen LogP contribution is 2.18. The van der Waals surface area contributed by atoms with Gasteiger partial charge in [-0.1, -0.05) is 0 Å². The summed E-state index contributed by atoms with van der Waals surface area (Å²) < 4.78 is 15.2. The number of rotatable bonds is 9. The van der Waals surface area contributed by atoms with Gasteiger partial charge in [0, 0.05) is 33.5 Å². The smallest absolute Gasteiger partial charge is 0.243 e. The van der Waals surface area contributed by atoms with Crippen LogP contribution in [0.3, 0.4) is 0 Å². The molecule has 1 heterocycles. The van der Waals surface area contributed by atoms with Crippen LogP contribution in [0, 0.1) is 0 Å². The molecule has 0 unspecified atom stereocenters. The third-order valence-corrected chi connectivity index (χ3v) is 4.07. The van der Waals surface area contributed by atoms with Crippen molar-refractivity contribution in [2.45, 2.75) is 25.6 Å². The normalized spacial score (nSPS) is 14.4. The number of amides is 2. The van der Waals surface area contributed by atoms with Crippen LogP contribution >= 0.6 is 0 Å². The van der Waals surface area contributed by atoms with Crippen LogP contribution in [0.4, 0.5) is 0 Å². The van der Waals surface area contributed by atoms with Crippen molar-refractivity contribution >= 4 is 17.5 Å². The zero-order valence-corrected chi connectivity index (χ0v) is 15.4. The summed E-state index contributed by atoms with van der Waals surface area (Å²) in [5.41, 5.74) is 1.77. The number of carbonyl (C=O) groups excluding carboxylic acids is 2. The fraction of sp³-hybridized carbons (Fsp3) is 0.500. The molecular weight excluding hydrogens is 338 g/mol. The van der Waals surface area contributed by atoms with Crippen molar-refractivity contribution < 1.29 is 23.8 Å². The van der Waals surface area contributed by atoms with Crippen molar-refractivity contribution in [3.63, 3.8) is 0 Å². The van der Waals surface area contributed by atoms with E-state index in [2.05, 4.69) is 10.4 Å². The Balaban J connectivity index is 1.92. The summed E-state index contributed by atoms with van der Waals surface area (Å²) >= 11 is 0. The molecule has 0 aliphatic carbocycles. The van der Waals surface area contributed by atoms with Gasteiger partial charge in [-0.3, -0.25) is 9.59 Å². The lowest BCUT2D eigenvalue weighted by molar-refractivity contribution is -0.133. The van der Waals surface area contributed by atoms with E-state index in [4.69, 9.17) is 14.2 Å². The lowest BCUT2D eigenvalue weighted by Gasteiger charge is -2.23. The van der Waals surface area contributed by atoms with Crippen LogP contribution in [-0.4, -0.2) is 63.2 Å². The van der Waals surface area contributed by atoms with Crippen LogP contribution in [0.1, 0.15) is 24.8 Å². The van der Waals surface area contributed by atoms with Crippen molar-refractivity contribution in [2.75, 3.05) is 34.4 Å². The molecule has 0 saturated carbocycles. The van der Waals surface area contributed by atoms with E-state index in [1.165, 1.54) is 19.2 Å². The van der Waals surface area contributed by atoms with E-state index in [9.17, 15) is 9.59 Å². The SMILES string of the molecule is COc1ccc(C2=NN(CCC(=O)NCC(OC)OC)C(=O)CC2)cc1. The van der Waals surface area contributed by atoms with Gasteiger partial charge in [-0.2, -0.15) is 5.10 Å². The molecule has 8 heteroatoms. The fourth-order valence-electron chi connectivity index (χ4n) is 2.52. The number of hydrogen-bond donors (Lipinski definition) is 1. The predicted octanol–water partition coefficient (Wildman–Crippen LogP) is 1.15. The second kappa shape index (κ2) is 9.88. The Labute approximate surface area is 153 Å². The molecule has 8 nitrogen and oxygen atoms in total. The van der Waals surface area contributed by atoms with Gasteiger partial charge in [0.2, 0.25) is 11.8 Å². The van der Waals surface area contributed by atoms with Gasteiger partial charge in [0.1, 0.15) is 5.75 Å². The van der Waals surface area contributed by atoms with Crippen LogP contribution < -0.4 is 10.1 Å². The monoisotopic (exact) mass is 363 g/mol. The van der Waals surface area contributed by atoms with Gasteiger partial charge < -0.3 is 19.5 Å². The highest BCUT2D eigenvalue weighted by Gasteiger charge is 2.22. The quantitative estimate of drug-likeness (QED) is 0.665. The molecule has 0 fully saturated rings. The number of nitrogens with one attached hydrogen (secondary N) is 1. The second-order valence-electron chi connectivity index (χ2n) is 5.75. The Hall–Kier alpha value is -2.45. The minimum absolute atomic E-state index is 0.0817. The van der Waals surface area contributed by atoms with E-state index in [1.807, 2.05) is 24.3 Å². The highest BCUT2D eigenvalue weighted by atomic mass is 16.7. The first-order valence-electron chi connectivity index (χ1n) is 8.42. The van der Waals surface area contributed by atoms with Crippen LogP contribution in [0.5, 0.6) is 5.75 Å².